The second kappa shape index (κ2) is 9.07. The fourth-order valence-corrected chi connectivity index (χ4v) is 3.63. The van der Waals surface area contributed by atoms with E-state index in [-0.39, 0.29) is 11.2 Å². The molecule has 0 spiro atoms. The first kappa shape index (κ1) is 20.1. The average Bonchev–Trinajstić information content (AvgIpc) is 3.38. The van der Waals surface area contributed by atoms with Gasteiger partial charge in [0.2, 0.25) is 0 Å². The van der Waals surface area contributed by atoms with E-state index in [4.69, 9.17) is 4.99 Å². The molecule has 1 saturated carbocycles. The molecule has 0 amide bonds. The van der Waals surface area contributed by atoms with Gasteiger partial charge in [0.1, 0.15) is 18.5 Å². The molecule has 156 valence electrons. The first-order valence-electron chi connectivity index (χ1n) is 10.4. The lowest BCUT2D eigenvalue weighted by Gasteiger charge is -2.19. The Morgan fingerprint density at radius 2 is 1.97 bits per heavy atom. The Kier molecular flexibility index (Phi) is 6.07. The summed E-state index contributed by atoms with van der Waals surface area (Å²) in [6, 6.07) is 15.3. The molecule has 0 radical (unpaired) electrons. The summed E-state index contributed by atoms with van der Waals surface area (Å²) < 4.78 is 15.4. The normalized spacial score (nSPS) is 15.1. The molecule has 1 aliphatic carbocycles. The summed E-state index contributed by atoms with van der Waals surface area (Å²) in [6.45, 7) is 4.84. The minimum Gasteiger partial charge on any atom is -0.357 e. The van der Waals surface area contributed by atoms with E-state index in [1.807, 2.05) is 12.1 Å². The molecule has 6 nitrogen and oxygen atoms in total. The molecular formula is C23H27FN6. The molecule has 0 atom stereocenters. The van der Waals surface area contributed by atoms with Crippen LogP contribution in [0.4, 0.5) is 4.39 Å². The van der Waals surface area contributed by atoms with Crippen LogP contribution < -0.4 is 10.6 Å². The number of hydrogen-bond acceptors (Lipinski definition) is 3. The number of rotatable bonds is 8. The summed E-state index contributed by atoms with van der Waals surface area (Å²) >= 11 is 0. The lowest BCUT2D eigenvalue weighted by Crippen LogP contribution is -2.41. The summed E-state index contributed by atoms with van der Waals surface area (Å²) in [5.74, 6) is 0.604. The molecule has 30 heavy (non-hydrogen) atoms. The molecule has 1 aromatic heterocycles. The van der Waals surface area contributed by atoms with Crippen molar-refractivity contribution in [1.82, 2.24) is 25.4 Å². The molecule has 1 fully saturated rings. The number of nitrogens with one attached hydrogen (secondary N) is 2. The maximum absolute atomic E-state index is 13.6. The Bertz CT molecular complexity index is 994. The largest absolute Gasteiger partial charge is 0.357 e. The van der Waals surface area contributed by atoms with E-state index in [1.54, 1.807) is 29.5 Å². The van der Waals surface area contributed by atoms with Crippen molar-refractivity contribution in [2.75, 3.05) is 13.1 Å². The Labute approximate surface area is 176 Å². The van der Waals surface area contributed by atoms with E-state index < -0.39 is 0 Å². The van der Waals surface area contributed by atoms with Gasteiger partial charge < -0.3 is 10.6 Å². The van der Waals surface area contributed by atoms with Crippen molar-refractivity contribution in [1.29, 1.82) is 0 Å². The molecule has 2 N–H and O–H groups in total. The van der Waals surface area contributed by atoms with Crippen molar-refractivity contribution in [3.8, 4) is 0 Å². The number of aromatic nitrogens is 3. The van der Waals surface area contributed by atoms with Crippen molar-refractivity contribution < 1.29 is 4.39 Å². The molecule has 1 aliphatic rings. The molecule has 7 heteroatoms. The zero-order valence-corrected chi connectivity index (χ0v) is 17.2. The molecule has 0 saturated heterocycles. The highest BCUT2D eigenvalue weighted by molar-refractivity contribution is 5.80. The molecule has 0 bridgehead atoms. The number of halogens is 1. The van der Waals surface area contributed by atoms with E-state index in [0.717, 1.165) is 48.6 Å². The van der Waals surface area contributed by atoms with E-state index in [0.29, 0.717) is 13.1 Å². The van der Waals surface area contributed by atoms with E-state index in [2.05, 4.69) is 45.8 Å². The molecule has 4 rings (SSSR count). The zero-order chi connectivity index (χ0) is 20.8. The van der Waals surface area contributed by atoms with Crippen LogP contribution in [0.3, 0.4) is 0 Å². The summed E-state index contributed by atoms with van der Waals surface area (Å²) in [5, 5.41) is 10.9. The SMILES string of the molecule is CCNC(=NCc1cccc(Cn2cncn2)c1)NCC1(c2cccc(F)c2)CC1. The van der Waals surface area contributed by atoms with Crippen LogP contribution in [0, 0.1) is 5.82 Å². The molecule has 3 aromatic rings. The summed E-state index contributed by atoms with van der Waals surface area (Å²) in [7, 11) is 0. The highest BCUT2D eigenvalue weighted by Gasteiger charge is 2.44. The molecule has 0 aliphatic heterocycles. The first-order chi connectivity index (χ1) is 14.7. The van der Waals surface area contributed by atoms with Crippen LogP contribution >= 0.6 is 0 Å². The number of aliphatic imine (C=N–C) groups is 1. The fourth-order valence-electron chi connectivity index (χ4n) is 3.63. The van der Waals surface area contributed by atoms with Crippen molar-refractivity contribution >= 4 is 5.96 Å². The third kappa shape index (κ3) is 5.03. The second-order valence-electron chi connectivity index (χ2n) is 7.75. The molecule has 0 unspecified atom stereocenters. The Morgan fingerprint density at radius 1 is 1.13 bits per heavy atom. The van der Waals surface area contributed by atoms with Crippen LogP contribution in [-0.4, -0.2) is 33.8 Å². The van der Waals surface area contributed by atoms with Crippen LogP contribution in [0.2, 0.25) is 0 Å². The van der Waals surface area contributed by atoms with Gasteiger partial charge in [-0.2, -0.15) is 5.10 Å². The predicted octanol–water partition coefficient (Wildman–Crippen LogP) is 3.25. The fraction of sp³-hybridized carbons (Fsp3) is 0.348. The van der Waals surface area contributed by atoms with Crippen molar-refractivity contribution in [2.45, 2.75) is 38.3 Å². The number of benzene rings is 2. The zero-order valence-electron chi connectivity index (χ0n) is 17.2. The monoisotopic (exact) mass is 406 g/mol. The van der Waals surface area contributed by atoms with Crippen LogP contribution in [0.1, 0.15) is 36.5 Å². The lowest BCUT2D eigenvalue weighted by atomic mass is 9.96. The molecular weight excluding hydrogens is 379 g/mol. The first-order valence-corrected chi connectivity index (χ1v) is 10.4. The standard InChI is InChI=1S/C23H27FN6/c1-2-26-22(28-15-23(9-10-23)20-7-4-8-21(24)12-20)27-13-18-5-3-6-19(11-18)14-30-17-25-16-29-30/h3-8,11-12,16-17H,2,9-10,13-15H2,1H3,(H2,26,27,28). The highest BCUT2D eigenvalue weighted by atomic mass is 19.1. The van der Waals surface area contributed by atoms with Crippen LogP contribution in [0.25, 0.3) is 0 Å². The van der Waals surface area contributed by atoms with Crippen molar-refractivity contribution in [3.05, 3.63) is 83.7 Å². The topological polar surface area (TPSA) is 67.1 Å². The van der Waals surface area contributed by atoms with Gasteiger partial charge >= 0.3 is 0 Å². The van der Waals surface area contributed by atoms with Crippen LogP contribution in [0.15, 0.2) is 66.2 Å². The quantitative estimate of drug-likeness (QED) is 0.445. The van der Waals surface area contributed by atoms with E-state index in [9.17, 15) is 4.39 Å². The Morgan fingerprint density at radius 3 is 2.70 bits per heavy atom. The Balaban J connectivity index is 1.39. The number of hydrogen-bond donors (Lipinski definition) is 2. The van der Waals surface area contributed by atoms with Gasteiger partial charge in [-0.25, -0.2) is 19.0 Å². The summed E-state index contributed by atoms with van der Waals surface area (Å²) in [6.07, 6.45) is 5.38. The van der Waals surface area contributed by atoms with E-state index in [1.165, 1.54) is 6.07 Å². The Hall–Kier alpha value is -3.22. The molecule has 1 heterocycles. The smallest absolute Gasteiger partial charge is 0.191 e. The maximum Gasteiger partial charge on any atom is 0.191 e. The number of guanidine groups is 1. The highest BCUT2D eigenvalue weighted by Crippen LogP contribution is 2.47. The predicted molar refractivity (Wildman–Crippen MR) is 116 cm³/mol. The van der Waals surface area contributed by atoms with Crippen LogP contribution in [-0.2, 0) is 18.5 Å². The van der Waals surface area contributed by atoms with Gasteiger partial charge in [0.15, 0.2) is 5.96 Å². The van der Waals surface area contributed by atoms with Gasteiger partial charge in [-0.05, 0) is 48.6 Å². The number of nitrogens with zero attached hydrogens (tertiary/aromatic N) is 4. The minimum absolute atomic E-state index is 0.00993. The summed E-state index contributed by atoms with van der Waals surface area (Å²) in [4.78, 5) is 8.73. The summed E-state index contributed by atoms with van der Waals surface area (Å²) in [5.41, 5.74) is 3.37. The van der Waals surface area contributed by atoms with Gasteiger partial charge in [-0.1, -0.05) is 36.4 Å². The maximum atomic E-state index is 13.6. The van der Waals surface area contributed by atoms with Gasteiger partial charge in [-0.15, -0.1) is 0 Å². The van der Waals surface area contributed by atoms with E-state index >= 15 is 0 Å². The minimum atomic E-state index is -0.176. The van der Waals surface area contributed by atoms with Gasteiger partial charge in [0.25, 0.3) is 0 Å². The van der Waals surface area contributed by atoms with Crippen molar-refractivity contribution in [3.63, 3.8) is 0 Å². The third-order valence-electron chi connectivity index (χ3n) is 5.45. The van der Waals surface area contributed by atoms with Gasteiger partial charge in [0, 0.05) is 18.5 Å². The lowest BCUT2D eigenvalue weighted by molar-refractivity contribution is 0.607. The van der Waals surface area contributed by atoms with Crippen LogP contribution in [0.5, 0.6) is 0 Å². The van der Waals surface area contributed by atoms with Gasteiger partial charge in [-0.3, -0.25) is 0 Å². The van der Waals surface area contributed by atoms with Crippen molar-refractivity contribution in [2.24, 2.45) is 4.99 Å². The average molecular weight is 407 g/mol. The van der Waals surface area contributed by atoms with Gasteiger partial charge in [0.05, 0.1) is 13.1 Å². The second-order valence-corrected chi connectivity index (χ2v) is 7.75. The third-order valence-corrected chi connectivity index (χ3v) is 5.45. The molecule has 2 aromatic carbocycles.